The molecule has 0 spiro atoms. The summed E-state index contributed by atoms with van der Waals surface area (Å²) in [6, 6.07) is 21.8. The number of carbonyl (C=O) groups excluding carboxylic acids is 1. The summed E-state index contributed by atoms with van der Waals surface area (Å²) in [6.07, 6.45) is 1.86. The van der Waals surface area contributed by atoms with Crippen LogP contribution in [0.5, 0.6) is 0 Å². The third-order valence-corrected chi connectivity index (χ3v) is 5.23. The van der Waals surface area contributed by atoms with E-state index in [0.29, 0.717) is 6.54 Å². The van der Waals surface area contributed by atoms with Gasteiger partial charge in [-0.25, -0.2) is 0 Å². The fraction of sp³-hybridized carbons (Fsp3) is 0.261. The standard InChI is InChI=1S/C23H24N4O/c1-17-8-5-6-12-20(17)21-13-14-22(26-25-21)27-15-7-9-18(16-27)23(28)24-19-10-3-2-4-11-19/h2-6,8,10-14,18H,7,9,15-16H2,1H3,(H,24,28). The van der Waals surface area contributed by atoms with Crippen LogP contribution in [0.3, 0.4) is 0 Å². The first-order chi connectivity index (χ1) is 13.7. The van der Waals surface area contributed by atoms with Gasteiger partial charge in [0, 0.05) is 24.3 Å². The van der Waals surface area contributed by atoms with Gasteiger partial charge in [0.05, 0.1) is 11.6 Å². The minimum Gasteiger partial charge on any atom is -0.354 e. The van der Waals surface area contributed by atoms with Gasteiger partial charge in [0.25, 0.3) is 0 Å². The second-order valence-corrected chi connectivity index (χ2v) is 7.23. The molecule has 0 radical (unpaired) electrons. The zero-order valence-electron chi connectivity index (χ0n) is 16.0. The van der Waals surface area contributed by atoms with Crippen LogP contribution in [-0.2, 0) is 4.79 Å². The molecule has 2 heterocycles. The van der Waals surface area contributed by atoms with Crippen molar-refractivity contribution in [1.29, 1.82) is 0 Å². The van der Waals surface area contributed by atoms with Crippen LogP contribution in [0.4, 0.5) is 11.5 Å². The molecule has 1 atom stereocenters. The largest absolute Gasteiger partial charge is 0.354 e. The Balaban J connectivity index is 1.44. The number of anilines is 2. The van der Waals surface area contributed by atoms with Gasteiger partial charge < -0.3 is 10.2 Å². The van der Waals surface area contributed by atoms with Crippen LogP contribution in [0.1, 0.15) is 18.4 Å². The molecule has 0 aliphatic carbocycles. The van der Waals surface area contributed by atoms with E-state index in [-0.39, 0.29) is 11.8 Å². The smallest absolute Gasteiger partial charge is 0.229 e. The maximum atomic E-state index is 12.6. The van der Waals surface area contributed by atoms with E-state index in [1.54, 1.807) is 0 Å². The average Bonchev–Trinajstić information content (AvgIpc) is 2.75. The molecule has 4 rings (SSSR count). The lowest BCUT2D eigenvalue weighted by atomic mass is 9.97. The fourth-order valence-corrected chi connectivity index (χ4v) is 3.66. The number of aromatic nitrogens is 2. The number of hydrogen-bond acceptors (Lipinski definition) is 4. The minimum absolute atomic E-state index is 0.0493. The molecule has 1 fully saturated rings. The van der Waals surface area contributed by atoms with Crippen molar-refractivity contribution in [2.45, 2.75) is 19.8 Å². The SMILES string of the molecule is Cc1ccccc1-c1ccc(N2CCCC(C(=O)Nc3ccccc3)C2)nn1. The number of nitrogens with zero attached hydrogens (tertiary/aromatic N) is 3. The summed E-state index contributed by atoms with van der Waals surface area (Å²) in [7, 11) is 0. The van der Waals surface area contributed by atoms with E-state index in [1.165, 1.54) is 5.56 Å². The number of nitrogens with one attached hydrogen (secondary N) is 1. The van der Waals surface area contributed by atoms with Crippen molar-refractivity contribution in [3.05, 3.63) is 72.3 Å². The summed E-state index contributed by atoms with van der Waals surface area (Å²) in [5.74, 6) is 0.849. The van der Waals surface area contributed by atoms with Crippen LogP contribution >= 0.6 is 0 Å². The molecule has 28 heavy (non-hydrogen) atoms. The van der Waals surface area contributed by atoms with Crippen LogP contribution in [0.2, 0.25) is 0 Å². The normalized spacial score (nSPS) is 16.6. The first kappa shape index (κ1) is 18.2. The van der Waals surface area contributed by atoms with Gasteiger partial charge in [-0.2, -0.15) is 0 Å². The topological polar surface area (TPSA) is 58.1 Å². The van der Waals surface area contributed by atoms with E-state index in [4.69, 9.17) is 0 Å². The highest BCUT2D eigenvalue weighted by Gasteiger charge is 2.26. The predicted molar refractivity (Wildman–Crippen MR) is 112 cm³/mol. The lowest BCUT2D eigenvalue weighted by Gasteiger charge is -2.32. The molecule has 0 bridgehead atoms. The number of para-hydroxylation sites is 1. The van der Waals surface area contributed by atoms with Gasteiger partial charge in [0.2, 0.25) is 5.91 Å². The van der Waals surface area contributed by atoms with Crippen molar-refractivity contribution < 1.29 is 4.79 Å². The van der Waals surface area contributed by atoms with E-state index >= 15 is 0 Å². The molecule has 1 unspecified atom stereocenters. The van der Waals surface area contributed by atoms with Crippen molar-refractivity contribution in [3.63, 3.8) is 0 Å². The van der Waals surface area contributed by atoms with Gasteiger partial charge in [0.15, 0.2) is 5.82 Å². The third kappa shape index (κ3) is 4.03. The summed E-state index contributed by atoms with van der Waals surface area (Å²) in [5, 5.41) is 11.9. The third-order valence-electron chi connectivity index (χ3n) is 5.23. The van der Waals surface area contributed by atoms with E-state index in [9.17, 15) is 4.79 Å². The van der Waals surface area contributed by atoms with Crippen molar-refractivity contribution in [2.24, 2.45) is 5.92 Å². The van der Waals surface area contributed by atoms with Crippen LogP contribution in [0, 0.1) is 12.8 Å². The Morgan fingerprint density at radius 1 is 1.00 bits per heavy atom. The summed E-state index contributed by atoms with van der Waals surface area (Å²) in [5.41, 5.74) is 3.99. The summed E-state index contributed by atoms with van der Waals surface area (Å²) < 4.78 is 0. The summed E-state index contributed by atoms with van der Waals surface area (Å²) in [6.45, 7) is 3.63. The zero-order valence-corrected chi connectivity index (χ0v) is 16.0. The minimum atomic E-state index is -0.0493. The Morgan fingerprint density at radius 2 is 1.79 bits per heavy atom. The van der Waals surface area contributed by atoms with Crippen molar-refractivity contribution in [3.8, 4) is 11.3 Å². The first-order valence-corrected chi connectivity index (χ1v) is 9.71. The lowest BCUT2D eigenvalue weighted by Crippen LogP contribution is -2.41. The van der Waals surface area contributed by atoms with Crippen molar-refractivity contribution >= 4 is 17.4 Å². The molecule has 1 aliphatic rings. The molecule has 1 amide bonds. The summed E-state index contributed by atoms with van der Waals surface area (Å²) >= 11 is 0. The summed E-state index contributed by atoms with van der Waals surface area (Å²) in [4.78, 5) is 14.8. The van der Waals surface area contributed by atoms with Gasteiger partial charge >= 0.3 is 0 Å². The Morgan fingerprint density at radius 3 is 2.54 bits per heavy atom. The number of hydrogen-bond donors (Lipinski definition) is 1. The van der Waals surface area contributed by atoms with E-state index < -0.39 is 0 Å². The molecule has 142 valence electrons. The molecule has 1 aromatic heterocycles. The highest BCUT2D eigenvalue weighted by Crippen LogP contribution is 2.25. The molecule has 1 N–H and O–H groups in total. The molecule has 5 heteroatoms. The van der Waals surface area contributed by atoms with Crippen LogP contribution in [-0.4, -0.2) is 29.2 Å². The number of carbonyl (C=O) groups is 1. The van der Waals surface area contributed by atoms with Gasteiger partial charge in [-0.05, 0) is 49.6 Å². The first-order valence-electron chi connectivity index (χ1n) is 9.71. The van der Waals surface area contributed by atoms with E-state index in [2.05, 4.69) is 39.5 Å². The van der Waals surface area contributed by atoms with E-state index in [1.807, 2.05) is 54.6 Å². The monoisotopic (exact) mass is 372 g/mol. The maximum Gasteiger partial charge on any atom is 0.229 e. The molecular weight excluding hydrogens is 348 g/mol. The Kier molecular flexibility index (Phi) is 5.33. The van der Waals surface area contributed by atoms with Crippen molar-refractivity contribution in [1.82, 2.24) is 10.2 Å². The maximum absolute atomic E-state index is 12.6. The van der Waals surface area contributed by atoms with Gasteiger partial charge in [-0.1, -0.05) is 42.5 Å². The molecule has 2 aromatic carbocycles. The van der Waals surface area contributed by atoms with E-state index in [0.717, 1.165) is 42.1 Å². The quantitative estimate of drug-likeness (QED) is 0.741. The second kappa shape index (κ2) is 8.21. The zero-order chi connectivity index (χ0) is 19.3. The fourth-order valence-electron chi connectivity index (χ4n) is 3.66. The molecule has 1 aliphatic heterocycles. The highest BCUT2D eigenvalue weighted by molar-refractivity contribution is 5.93. The number of benzene rings is 2. The highest BCUT2D eigenvalue weighted by atomic mass is 16.1. The van der Waals surface area contributed by atoms with Crippen molar-refractivity contribution in [2.75, 3.05) is 23.3 Å². The van der Waals surface area contributed by atoms with Crippen LogP contribution in [0.25, 0.3) is 11.3 Å². The second-order valence-electron chi connectivity index (χ2n) is 7.23. The number of aryl methyl sites for hydroxylation is 1. The lowest BCUT2D eigenvalue weighted by molar-refractivity contribution is -0.120. The Labute approximate surface area is 165 Å². The van der Waals surface area contributed by atoms with Gasteiger partial charge in [-0.3, -0.25) is 4.79 Å². The molecule has 0 saturated carbocycles. The number of rotatable bonds is 4. The molecule has 1 saturated heterocycles. The molecular formula is C23H24N4O. The Bertz CT molecular complexity index is 940. The molecule has 3 aromatic rings. The van der Waals surface area contributed by atoms with Gasteiger partial charge in [-0.15, -0.1) is 10.2 Å². The number of piperidine rings is 1. The van der Waals surface area contributed by atoms with Crippen LogP contribution < -0.4 is 10.2 Å². The van der Waals surface area contributed by atoms with Crippen LogP contribution in [0.15, 0.2) is 66.7 Å². The Hall–Kier alpha value is -3.21. The predicted octanol–water partition coefficient (Wildman–Crippen LogP) is 4.31. The van der Waals surface area contributed by atoms with Gasteiger partial charge in [0.1, 0.15) is 0 Å². The molecule has 5 nitrogen and oxygen atoms in total. The average molecular weight is 372 g/mol. The number of amides is 1.